The van der Waals surface area contributed by atoms with Gasteiger partial charge in [0.05, 0.1) is 17.6 Å². The fourth-order valence-corrected chi connectivity index (χ4v) is 2.47. The topological polar surface area (TPSA) is 55.2 Å². The number of hydrogen-bond donors (Lipinski definition) is 0. The van der Waals surface area contributed by atoms with Crippen LogP contribution in [-0.4, -0.2) is 27.8 Å². The lowest BCUT2D eigenvalue weighted by Crippen LogP contribution is -2.31. The Bertz CT molecular complexity index is 662. The highest BCUT2D eigenvalue weighted by molar-refractivity contribution is 6.52. The third-order valence-corrected chi connectivity index (χ3v) is 3.48. The van der Waals surface area contributed by atoms with Gasteiger partial charge in [-0.1, -0.05) is 11.6 Å². The number of amides is 1. The summed E-state index contributed by atoms with van der Waals surface area (Å²) in [6.45, 7) is 3.23. The van der Waals surface area contributed by atoms with Crippen molar-refractivity contribution in [3.63, 3.8) is 0 Å². The monoisotopic (exact) mass is 269 g/mol. The molecular weight excluding hydrogens is 254 g/mol. The van der Waals surface area contributed by atoms with E-state index in [0.29, 0.717) is 12.1 Å². The summed E-state index contributed by atoms with van der Waals surface area (Å²) in [5.41, 5.74) is 2.25. The lowest BCUT2D eigenvalue weighted by Gasteiger charge is -2.16. The van der Waals surface area contributed by atoms with Crippen LogP contribution in [-0.2, 0) is 11.3 Å². The van der Waals surface area contributed by atoms with Gasteiger partial charge < -0.3 is 9.47 Å². The highest BCUT2D eigenvalue weighted by atomic mass is 16.2. The SMILES string of the molecule is Cc1ccc2c(c1)C(=O)C(=O)N2CCCn1ccnc1. The summed E-state index contributed by atoms with van der Waals surface area (Å²) >= 11 is 0. The molecule has 0 bridgehead atoms. The van der Waals surface area contributed by atoms with E-state index < -0.39 is 11.7 Å². The van der Waals surface area contributed by atoms with Crippen LogP contribution in [0.2, 0.25) is 0 Å². The first kappa shape index (κ1) is 12.6. The standard InChI is InChI=1S/C15H15N3O2/c1-11-3-4-13-12(9-11)14(19)15(20)18(13)7-2-6-17-8-5-16-10-17/h3-5,8-10H,2,6-7H2,1H3. The molecule has 20 heavy (non-hydrogen) atoms. The molecule has 1 aliphatic heterocycles. The van der Waals surface area contributed by atoms with Gasteiger partial charge in [-0.15, -0.1) is 0 Å². The number of imidazole rings is 1. The van der Waals surface area contributed by atoms with Gasteiger partial charge in [-0.25, -0.2) is 4.98 Å². The summed E-state index contributed by atoms with van der Waals surface area (Å²) in [6, 6.07) is 5.56. The van der Waals surface area contributed by atoms with Crippen molar-refractivity contribution >= 4 is 17.4 Å². The second-order valence-electron chi connectivity index (χ2n) is 4.96. The lowest BCUT2D eigenvalue weighted by atomic mass is 10.1. The molecule has 0 spiro atoms. The van der Waals surface area contributed by atoms with Crippen LogP contribution in [0.25, 0.3) is 0 Å². The molecular formula is C15H15N3O2. The summed E-state index contributed by atoms with van der Waals surface area (Å²) in [5, 5.41) is 0. The predicted octanol–water partition coefficient (Wildman–Crippen LogP) is 1.81. The molecule has 0 radical (unpaired) electrons. The Labute approximate surface area is 116 Å². The van der Waals surface area contributed by atoms with Crippen molar-refractivity contribution in [2.75, 3.05) is 11.4 Å². The number of Topliss-reactive ketones (excluding diaryl/α,β-unsaturated/α-hetero) is 1. The zero-order valence-corrected chi connectivity index (χ0v) is 11.2. The van der Waals surface area contributed by atoms with Crippen LogP contribution in [0.4, 0.5) is 5.69 Å². The molecule has 0 atom stereocenters. The molecule has 5 nitrogen and oxygen atoms in total. The first-order valence-corrected chi connectivity index (χ1v) is 6.59. The van der Waals surface area contributed by atoms with Crippen LogP contribution in [0, 0.1) is 6.92 Å². The molecule has 0 unspecified atom stereocenters. The van der Waals surface area contributed by atoms with E-state index in [1.165, 1.54) is 0 Å². The molecule has 0 N–H and O–H groups in total. The first-order valence-electron chi connectivity index (χ1n) is 6.59. The van der Waals surface area contributed by atoms with Crippen molar-refractivity contribution in [3.8, 4) is 0 Å². The molecule has 1 amide bonds. The Morgan fingerprint density at radius 1 is 1.20 bits per heavy atom. The number of anilines is 1. The van der Waals surface area contributed by atoms with Crippen molar-refractivity contribution < 1.29 is 9.59 Å². The summed E-state index contributed by atoms with van der Waals surface area (Å²) < 4.78 is 1.96. The minimum Gasteiger partial charge on any atom is -0.337 e. The molecule has 0 saturated carbocycles. The molecule has 3 rings (SSSR count). The minimum absolute atomic E-state index is 0.397. The summed E-state index contributed by atoms with van der Waals surface area (Å²) in [6.07, 6.45) is 6.13. The average molecular weight is 269 g/mol. The maximum absolute atomic E-state index is 12.0. The van der Waals surface area contributed by atoms with E-state index in [2.05, 4.69) is 4.98 Å². The first-order chi connectivity index (χ1) is 9.66. The minimum atomic E-state index is -0.420. The Balaban J connectivity index is 1.74. The highest BCUT2D eigenvalue weighted by Gasteiger charge is 2.35. The Hall–Kier alpha value is -2.43. The van der Waals surface area contributed by atoms with Crippen molar-refractivity contribution in [2.24, 2.45) is 0 Å². The van der Waals surface area contributed by atoms with E-state index in [4.69, 9.17) is 0 Å². The Kier molecular flexibility index (Phi) is 3.10. The van der Waals surface area contributed by atoms with Crippen LogP contribution < -0.4 is 4.90 Å². The summed E-state index contributed by atoms with van der Waals surface area (Å²) in [7, 11) is 0. The van der Waals surface area contributed by atoms with Gasteiger partial charge in [0.25, 0.3) is 11.7 Å². The number of aryl methyl sites for hydroxylation is 2. The number of carbonyl (C=O) groups is 2. The van der Waals surface area contributed by atoms with Crippen LogP contribution in [0.5, 0.6) is 0 Å². The molecule has 0 aliphatic carbocycles. The predicted molar refractivity (Wildman–Crippen MR) is 74.7 cm³/mol. The number of ketones is 1. The summed E-state index contributed by atoms with van der Waals surface area (Å²) in [5.74, 6) is -0.817. The third-order valence-electron chi connectivity index (χ3n) is 3.48. The molecule has 1 aromatic heterocycles. The van der Waals surface area contributed by atoms with Gasteiger partial charge in [-0.05, 0) is 25.5 Å². The normalized spacial score (nSPS) is 13.9. The average Bonchev–Trinajstić information content (AvgIpc) is 3.02. The fraction of sp³-hybridized carbons (Fsp3) is 0.267. The molecule has 0 fully saturated rings. The van der Waals surface area contributed by atoms with Crippen molar-refractivity contribution in [3.05, 3.63) is 48.0 Å². The van der Waals surface area contributed by atoms with Gasteiger partial charge in [0.15, 0.2) is 0 Å². The van der Waals surface area contributed by atoms with E-state index >= 15 is 0 Å². The third kappa shape index (κ3) is 2.11. The lowest BCUT2D eigenvalue weighted by molar-refractivity contribution is -0.114. The molecule has 102 valence electrons. The molecule has 2 heterocycles. The highest BCUT2D eigenvalue weighted by Crippen LogP contribution is 2.29. The van der Waals surface area contributed by atoms with Gasteiger partial charge >= 0.3 is 0 Å². The van der Waals surface area contributed by atoms with Crippen LogP contribution in [0.3, 0.4) is 0 Å². The maximum atomic E-state index is 12.0. The Morgan fingerprint density at radius 2 is 2.05 bits per heavy atom. The second-order valence-corrected chi connectivity index (χ2v) is 4.96. The number of carbonyl (C=O) groups excluding carboxylic acids is 2. The molecule has 2 aromatic rings. The maximum Gasteiger partial charge on any atom is 0.299 e. The second kappa shape index (κ2) is 4.92. The summed E-state index contributed by atoms with van der Waals surface area (Å²) in [4.78, 5) is 29.5. The molecule has 1 aliphatic rings. The van der Waals surface area contributed by atoms with Crippen LogP contribution >= 0.6 is 0 Å². The van der Waals surface area contributed by atoms with Crippen molar-refractivity contribution in [2.45, 2.75) is 19.9 Å². The Morgan fingerprint density at radius 3 is 2.80 bits per heavy atom. The fourth-order valence-electron chi connectivity index (χ4n) is 2.47. The van der Waals surface area contributed by atoms with E-state index in [-0.39, 0.29) is 0 Å². The van der Waals surface area contributed by atoms with E-state index in [1.807, 2.05) is 29.8 Å². The smallest absolute Gasteiger partial charge is 0.299 e. The van der Waals surface area contributed by atoms with Gasteiger partial charge in [-0.2, -0.15) is 0 Å². The van der Waals surface area contributed by atoms with Gasteiger partial charge in [0.1, 0.15) is 0 Å². The molecule has 0 saturated heterocycles. The zero-order valence-electron chi connectivity index (χ0n) is 11.2. The van der Waals surface area contributed by atoms with Crippen molar-refractivity contribution in [1.82, 2.24) is 9.55 Å². The quantitative estimate of drug-likeness (QED) is 0.795. The van der Waals surface area contributed by atoms with E-state index in [0.717, 1.165) is 24.2 Å². The van der Waals surface area contributed by atoms with Gasteiger partial charge in [0.2, 0.25) is 0 Å². The van der Waals surface area contributed by atoms with Gasteiger partial charge in [-0.3, -0.25) is 9.59 Å². The number of fused-ring (bicyclic) bond motifs is 1. The molecule has 5 heteroatoms. The van der Waals surface area contributed by atoms with Crippen molar-refractivity contribution in [1.29, 1.82) is 0 Å². The number of nitrogens with zero attached hydrogens (tertiary/aromatic N) is 3. The number of rotatable bonds is 4. The number of benzene rings is 1. The van der Waals surface area contributed by atoms with Crippen LogP contribution in [0.15, 0.2) is 36.9 Å². The van der Waals surface area contributed by atoms with Crippen LogP contribution in [0.1, 0.15) is 22.3 Å². The number of hydrogen-bond acceptors (Lipinski definition) is 3. The number of aromatic nitrogens is 2. The zero-order chi connectivity index (χ0) is 14.1. The van der Waals surface area contributed by atoms with E-state index in [9.17, 15) is 9.59 Å². The van der Waals surface area contributed by atoms with E-state index in [1.54, 1.807) is 23.5 Å². The molecule has 1 aromatic carbocycles. The van der Waals surface area contributed by atoms with Gasteiger partial charge in [0, 0.05) is 25.5 Å². The largest absolute Gasteiger partial charge is 0.337 e.